The van der Waals surface area contributed by atoms with E-state index in [1.807, 2.05) is 0 Å². The number of carbonyl (C=O) groups excluding carboxylic acids is 3. The summed E-state index contributed by atoms with van der Waals surface area (Å²) in [5.74, 6) is -2.08. The van der Waals surface area contributed by atoms with Crippen molar-refractivity contribution in [3.05, 3.63) is 0 Å². The van der Waals surface area contributed by atoms with E-state index in [2.05, 4.69) is 31.9 Å². The smallest absolute Gasteiger partial charge is 0.326 e. The largest absolute Gasteiger partial charge is 0.480 e. The Morgan fingerprint density at radius 2 is 1.35 bits per heavy atom. The highest BCUT2D eigenvalue weighted by Crippen LogP contribution is 2.01. The molecule has 6 N–H and O–H groups in total. The number of ether oxygens (including phenoxy) is 4. The van der Waals surface area contributed by atoms with Crippen LogP contribution in [0.15, 0.2) is 0 Å². The Labute approximate surface area is 207 Å². The van der Waals surface area contributed by atoms with E-state index >= 15 is 0 Å². The lowest BCUT2D eigenvalue weighted by Crippen LogP contribution is -2.42. The molecular formula is C20H37BrN4O9. The predicted octanol–water partition coefficient (Wildman–Crippen LogP) is -1.62. The molecular weight excluding hydrogens is 520 g/mol. The summed E-state index contributed by atoms with van der Waals surface area (Å²) in [4.78, 5) is 45.8. The molecule has 0 rings (SSSR count). The number of rotatable bonds is 23. The van der Waals surface area contributed by atoms with E-state index in [9.17, 15) is 24.3 Å². The Morgan fingerprint density at radius 3 is 1.97 bits per heavy atom. The lowest BCUT2D eigenvalue weighted by molar-refractivity contribution is -0.142. The molecule has 0 aliphatic carbocycles. The van der Waals surface area contributed by atoms with Crippen LogP contribution >= 0.6 is 15.9 Å². The Hall–Kier alpha value is -1.84. The Bertz CT molecular complexity index is 584. The number of amides is 3. The number of aliphatic carboxylic acids is 1. The first-order valence-corrected chi connectivity index (χ1v) is 12.1. The van der Waals surface area contributed by atoms with Crippen molar-refractivity contribution in [1.29, 1.82) is 0 Å². The van der Waals surface area contributed by atoms with Gasteiger partial charge in [-0.1, -0.05) is 15.9 Å². The van der Waals surface area contributed by atoms with Crippen molar-refractivity contribution in [3.63, 3.8) is 0 Å². The number of carboxylic acids is 1. The molecule has 0 aliphatic rings. The van der Waals surface area contributed by atoms with Gasteiger partial charge in [0, 0.05) is 19.6 Å². The van der Waals surface area contributed by atoms with E-state index in [-0.39, 0.29) is 56.6 Å². The zero-order chi connectivity index (χ0) is 25.4. The van der Waals surface area contributed by atoms with Gasteiger partial charge in [-0.3, -0.25) is 14.4 Å². The van der Waals surface area contributed by atoms with E-state index < -0.39 is 17.9 Å². The number of carboxylic acid groups (broad SMARTS) is 1. The third-order valence-corrected chi connectivity index (χ3v) is 4.55. The predicted molar refractivity (Wildman–Crippen MR) is 126 cm³/mol. The molecule has 13 nitrogen and oxygen atoms in total. The molecule has 1 atom stereocenters. The summed E-state index contributed by atoms with van der Waals surface area (Å²) in [5.41, 5.74) is 5.27. The molecule has 34 heavy (non-hydrogen) atoms. The van der Waals surface area contributed by atoms with Gasteiger partial charge in [-0.2, -0.15) is 0 Å². The summed E-state index contributed by atoms with van der Waals surface area (Å²) in [6.45, 7) is 2.55. The van der Waals surface area contributed by atoms with Crippen LogP contribution in [0.3, 0.4) is 0 Å². The second-order valence-corrected chi connectivity index (χ2v) is 7.47. The van der Waals surface area contributed by atoms with Crippen LogP contribution in [0.5, 0.6) is 0 Å². The standard InChI is InChI=1S/C20H37BrN4O9/c21-13-17(26)23-5-2-1-3-16(20(29)30)25-19(28)15-34-12-10-32-8-6-24-18(27)14-33-11-9-31-7-4-22/h16H,1-15,22H2,(H,23,26)(H,24,27)(H,25,28)(H,29,30)/t16-/m0/s1. The average Bonchev–Trinajstić information content (AvgIpc) is 2.81. The Morgan fingerprint density at radius 1 is 0.765 bits per heavy atom. The molecule has 198 valence electrons. The van der Waals surface area contributed by atoms with Crippen LogP contribution in [-0.4, -0.2) is 113 Å². The fourth-order valence-electron chi connectivity index (χ4n) is 2.41. The number of halogens is 1. The van der Waals surface area contributed by atoms with Crippen LogP contribution < -0.4 is 21.7 Å². The van der Waals surface area contributed by atoms with Crippen molar-refractivity contribution in [2.45, 2.75) is 25.3 Å². The van der Waals surface area contributed by atoms with E-state index in [0.717, 1.165) is 0 Å². The number of nitrogens with one attached hydrogen (secondary N) is 3. The van der Waals surface area contributed by atoms with Crippen molar-refractivity contribution in [1.82, 2.24) is 16.0 Å². The molecule has 0 saturated heterocycles. The van der Waals surface area contributed by atoms with E-state index in [1.165, 1.54) is 0 Å². The molecule has 0 aromatic carbocycles. The number of alkyl halides is 1. The molecule has 14 heteroatoms. The monoisotopic (exact) mass is 556 g/mol. The molecule has 3 amide bonds. The first-order valence-electron chi connectivity index (χ1n) is 11.0. The van der Waals surface area contributed by atoms with Gasteiger partial charge in [0.05, 0.1) is 45.0 Å². The highest BCUT2D eigenvalue weighted by Gasteiger charge is 2.19. The molecule has 0 radical (unpaired) electrons. The molecule has 0 spiro atoms. The minimum absolute atomic E-state index is 0.0742. The van der Waals surface area contributed by atoms with Crippen LogP contribution in [0.25, 0.3) is 0 Å². The van der Waals surface area contributed by atoms with E-state index in [1.54, 1.807) is 0 Å². The first-order chi connectivity index (χ1) is 16.4. The number of hydrogen-bond acceptors (Lipinski definition) is 9. The van der Waals surface area contributed by atoms with Crippen LogP contribution in [-0.2, 0) is 38.1 Å². The minimum Gasteiger partial charge on any atom is -0.480 e. The van der Waals surface area contributed by atoms with Gasteiger partial charge in [0.1, 0.15) is 19.3 Å². The molecule has 0 aliphatic heterocycles. The van der Waals surface area contributed by atoms with Gasteiger partial charge in [0.2, 0.25) is 17.7 Å². The van der Waals surface area contributed by atoms with Gasteiger partial charge in [0.25, 0.3) is 0 Å². The van der Waals surface area contributed by atoms with Crippen LogP contribution in [0, 0.1) is 0 Å². The Kier molecular flexibility index (Phi) is 21.7. The molecule has 0 fully saturated rings. The van der Waals surface area contributed by atoms with Crippen molar-refractivity contribution < 1.29 is 43.2 Å². The average molecular weight is 557 g/mol. The van der Waals surface area contributed by atoms with Crippen molar-refractivity contribution in [3.8, 4) is 0 Å². The molecule has 0 aromatic heterocycles. The maximum Gasteiger partial charge on any atom is 0.326 e. The lowest BCUT2D eigenvalue weighted by Gasteiger charge is -2.14. The quantitative estimate of drug-likeness (QED) is 0.0722. The van der Waals surface area contributed by atoms with Gasteiger partial charge >= 0.3 is 5.97 Å². The third-order valence-electron chi connectivity index (χ3n) is 4.04. The number of carbonyl (C=O) groups is 4. The maximum atomic E-state index is 11.9. The maximum absolute atomic E-state index is 11.9. The Balaban J connectivity index is 3.67. The van der Waals surface area contributed by atoms with Crippen molar-refractivity contribution >= 4 is 39.6 Å². The fourth-order valence-corrected chi connectivity index (χ4v) is 2.61. The van der Waals surface area contributed by atoms with Crippen LogP contribution in [0.1, 0.15) is 19.3 Å². The minimum atomic E-state index is -1.13. The number of unbranched alkanes of at least 4 members (excludes halogenated alkanes) is 1. The van der Waals surface area contributed by atoms with Crippen LogP contribution in [0.2, 0.25) is 0 Å². The van der Waals surface area contributed by atoms with Crippen LogP contribution in [0.4, 0.5) is 0 Å². The number of hydrogen-bond donors (Lipinski definition) is 5. The molecule has 0 heterocycles. The van der Waals surface area contributed by atoms with Gasteiger partial charge < -0.3 is 45.7 Å². The fraction of sp³-hybridized carbons (Fsp3) is 0.800. The van der Waals surface area contributed by atoms with Gasteiger partial charge in [0.15, 0.2) is 0 Å². The molecule has 0 bridgehead atoms. The molecule has 0 unspecified atom stereocenters. The summed E-state index contributed by atoms with van der Waals surface area (Å²) < 4.78 is 20.7. The van der Waals surface area contributed by atoms with E-state index in [4.69, 9.17) is 24.7 Å². The summed E-state index contributed by atoms with van der Waals surface area (Å²) in [6.07, 6.45) is 1.37. The highest BCUT2D eigenvalue weighted by atomic mass is 79.9. The summed E-state index contributed by atoms with van der Waals surface area (Å²) in [7, 11) is 0. The van der Waals surface area contributed by atoms with Crippen molar-refractivity contribution in [2.75, 3.05) is 77.8 Å². The summed E-state index contributed by atoms with van der Waals surface area (Å²) >= 11 is 3.03. The normalized spacial score (nSPS) is 11.6. The second kappa shape index (κ2) is 22.9. The number of nitrogens with two attached hydrogens (primary N) is 1. The van der Waals surface area contributed by atoms with Crippen molar-refractivity contribution in [2.24, 2.45) is 5.73 Å². The van der Waals surface area contributed by atoms with Gasteiger partial charge in [-0.25, -0.2) is 4.79 Å². The van der Waals surface area contributed by atoms with E-state index in [0.29, 0.717) is 52.3 Å². The first kappa shape index (κ1) is 32.2. The lowest BCUT2D eigenvalue weighted by atomic mass is 10.1. The molecule has 0 saturated carbocycles. The topological polar surface area (TPSA) is 188 Å². The molecule has 0 aromatic rings. The zero-order valence-electron chi connectivity index (χ0n) is 19.4. The SMILES string of the molecule is NCCOCCOCC(=O)NCCOCCOCC(=O)N[C@@H](CCCCNC(=O)CBr)C(=O)O. The zero-order valence-corrected chi connectivity index (χ0v) is 20.9. The van der Waals surface area contributed by atoms with Gasteiger partial charge in [-0.05, 0) is 19.3 Å². The second-order valence-electron chi connectivity index (χ2n) is 6.91. The third kappa shape index (κ3) is 20.7. The summed E-state index contributed by atoms with van der Waals surface area (Å²) in [6, 6.07) is -1.02. The van der Waals surface area contributed by atoms with Gasteiger partial charge in [-0.15, -0.1) is 0 Å². The highest BCUT2D eigenvalue weighted by molar-refractivity contribution is 9.09. The summed E-state index contributed by atoms with van der Waals surface area (Å²) in [5, 5.41) is 17.1.